The molecule has 28 heavy (non-hydrogen) atoms. The van der Waals surface area contributed by atoms with Crippen LogP contribution < -0.4 is 4.74 Å². The molecular weight excluding hydrogens is 344 g/mol. The smallest absolute Gasteiger partial charge is 0.123 e. The quantitative estimate of drug-likeness (QED) is 0.156. The van der Waals surface area contributed by atoms with Crippen LogP contribution in [0, 0.1) is 0 Å². The molecule has 2 nitrogen and oxygen atoms in total. The van der Waals surface area contributed by atoms with Crippen molar-refractivity contribution in [3.63, 3.8) is 0 Å². The van der Waals surface area contributed by atoms with Gasteiger partial charge < -0.3 is 9.47 Å². The normalized spacial score (nSPS) is 18.6. The molecule has 0 amide bonds. The third-order valence-corrected chi connectivity index (χ3v) is 5.62. The average molecular weight is 387 g/mol. The van der Waals surface area contributed by atoms with E-state index in [0.29, 0.717) is 6.61 Å². The Morgan fingerprint density at radius 2 is 1.50 bits per heavy atom. The second kappa shape index (κ2) is 13.8. The van der Waals surface area contributed by atoms with Crippen LogP contribution in [-0.2, 0) is 11.2 Å². The molecule has 0 radical (unpaired) electrons. The first-order valence-corrected chi connectivity index (χ1v) is 11.7. The van der Waals surface area contributed by atoms with Crippen molar-refractivity contribution >= 4 is 0 Å². The summed E-state index contributed by atoms with van der Waals surface area (Å²) in [7, 11) is 0. The molecule has 0 aliphatic carbocycles. The molecule has 0 aromatic heterocycles. The summed E-state index contributed by atoms with van der Waals surface area (Å²) >= 11 is 0. The van der Waals surface area contributed by atoms with Crippen LogP contribution in [0.4, 0.5) is 0 Å². The van der Waals surface area contributed by atoms with Gasteiger partial charge in [0.15, 0.2) is 0 Å². The van der Waals surface area contributed by atoms with Crippen molar-refractivity contribution in [1.29, 1.82) is 0 Å². The Morgan fingerprint density at radius 3 is 2.14 bits per heavy atom. The lowest BCUT2D eigenvalue weighted by atomic mass is 10.0. The Labute approximate surface area is 173 Å². The first kappa shape index (κ1) is 23.0. The maximum absolute atomic E-state index is 5.97. The van der Waals surface area contributed by atoms with Crippen LogP contribution in [0.2, 0.25) is 0 Å². The number of benzene rings is 1. The minimum atomic E-state index is -0.0575. The first-order valence-electron chi connectivity index (χ1n) is 11.7. The third-order valence-electron chi connectivity index (χ3n) is 5.62. The number of ether oxygens (including phenoxy) is 2. The van der Waals surface area contributed by atoms with Crippen molar-refractivity contribution in [3.05, 3.63) is 42.0 Å². The van der Waals surface area contributed by atoms with E-state index < -0.39 is 0 Å². The average Bonchev–Trinajstić information content (AvgIpc) is 3.45. The number of epoxide rings is 1. The summed E-state index contributed by atoms with van der Waals surface area (Å²) in [5, 5.41) is 0. The number of allylic oxidation sites excluding steroid dienone is 2. The van der Waals surface area contributed by atoms with Crippen molar-refractivity contribution in [2.24, 2.45) is 0 Å². The van der Waals surface area contributed by atoms with Gasteiger partial charge in [0.25, 0.3) is 0 Å². The molecule has 2 heteroatoms. The van der Waals surface area contributed by atoms with Crippen LogP contribution in [-0.4, -0.2) is 18.8 Å². The molecular formula is C26H42O2. The highest BCUT2D eigenvalue weighted by atomic mass is 16.6. The fourth-order valence-corrected chi connectivity index (χ4v) is 3.50. The Balaban J connectivity index is 1.47. The summed E-state index contributed by atoms with van der Waals surface area (Å²) in [4.78, 5) is 0. The van der Waals surface area contributed by atoms with Crippen LogP contribution in [0.15, 0.2) is 36.4 Å². The number of para-hydroxylation sites is 1. The molecule has 158 valence electrons. The Bertz CT molecular complexity index is 545. The van der Waals surface area contributed by atoms with Gasteiger partial charge in [0.1, 0.15) is 18.0 Å². The zero-order valence-electron chi connectivity index (χ0n) is 18.4. The van der Waals surface area contributed by atoms with Gasteiger partial charge in [-0.2, -0.15) is 0 Å². The third kappa shape index (κ3) is 10.3. The second-order valence-electron chi connectivity index (χ2n) is 8.63. The molecule has 0 N–H and O–H groups in total. The SMILES string of the molecule is CCCCCCCCCCCCC/C=C/Cc1ccccc1OCC1(C)CO1. The van der Waals surface area contributed by atoms with Gasteiger partial charge in [0.2, 0.25) is 0 Å². The van der Waals surface area contributed by atoms with Gasteiger partial charge in [0, 0.05) is 0 Å². The molecule has 1 saturated heterocycles. The number of unbranched alkanes of at least 4 members (excludes halogenated alkanes) is 11. The first-order chi connectivity index (χ1) is 13.7. The van der Waals surface area contributed by atoms with Gasteiger partial charge in [-0.05, 0) is 37.8 Å². The van der Waals surface area contributed by atoms with Crippen LogP contribution in [0.5, 0.6) is 5.75 Å². The summed E-state index contributed by atoms with van der Waals surface area (Å²) < 4.78 is 11.4. The molecule has 1 heterocycles. The van der Waals surface area contributed by atoms with Crippen LogP contribution in [0.3, 0.4) is 0 Å². The lowest BCUT2D eigenvalue weighted by molar-refractivity contribution is 0.201. The number of rotatable bonds is 17. The Kier molecular flexibility index (Phi) is 11.4. The Morgan fingerprint density at radius 1 is 0.893 bits per heavy atom. The molecule has 1 aliphatic rings. The molecule has 1 aromatic carbocycles. The molecule has 0 saturated carbocycles. The molecule has 1 aromatic rings. The largest absolute Gasteiger partial charge is 0.490 e. The van der Waals surface area contributed by atoms with E-state index in [1.165, 1.54) is 82.6 Å². The highest BCUT2D eigenvalue weighted by Crippen LogP contribution is 2.28. The molecule has 0 bridgehead atoms. The minimum Gasteiger partial charge on any atom is -0.490 e. The summed E-state index contributed by atoms with van der Waals surface area (Å²) in [6, 6.07) is 8.37. The summed E-state index contributed by atoms with van der Waals surface area (Å²) in [5.41, 5.74) is 1.21. The van der Waals surface area contributed by atoms with E-state index in [4.69, 9.17) is 9.47 Å². The summed E-state index contributed by atoms with van der Waals surface area (Å²) in [6.07, 6.45) is 22.3. The van der Waals surface area contributed by atoms with Gasteiger partial charge in [-0.15, -0.1) is 0 Å². The van der Waals surface area contributed by atoms with Crippen molar-refractivity contribution in [2.45, 2.75) is 103 Å². The Hall–Kier alpha value is -1.28. The van der Waals surface area contributed by atoms with Gasteiger partial charge in [-0.1, -0.05) is 101 Å². The van der Waals surface area contributed by atoms with Crippen LogP contribution in [0.25, 0.3) is 0 Å². The second-order valence-corrected chi connectivity index (χ2v) is 8.63. The zero-order chi connectivity index (χ0) is 19.9. The van der Waals surface area contributed by atoms with Gasteiger partial charge >= 0.3 is 0 Å². The monoisotopic (exact) mass is 386 g/mol. The van der Waals surface area contributed by atoms with Gasteiger partial charge in [-0.3, -0.25) is 0 Å². The van der Waals surface area contributed by atoms with Crippen molar-refractivity contribution in [3.8, 4) is 5.75 Å². The van der Waals surface area contributed by atoms with E-state index in [-0.39, 0.29) is 5.60 Å². The van der Waals surface area contributed by atoms with Crippen LogP contribution in [0.1, 0.15) is 96.5 Å². The summed E-state index contributed by atoms with van der Waals surface area (Å²) in [6.45, 7) is 5.85. The highest BCUT2D eigenvalue weighted by molar-refractivity contribution is 5.35. The standard InChI is InChI=1S/C26H42O2/c1-3-4-5-6-7-8-9-10-11-12-13-14-15-16-19-24-20-17-18-21-25(24)27-22-26(2)23-28-26/h15-18,20-21H,3-14,19,22-23H2,1-2H3/b16-15+. The molecule has 2 rings (SSSR count). The predicted molar refractivity (Wildman–Crippen MR) is 120 cm³/mol. The lowest BCUT2D eigenvalue weighted by Gasteiger charge is -2.12. The maximum Gasteiger partial charge on any atom is 0.123 e. The maximum atomic E-state index is 5.97. The lowest BCUT2D eigenvalue weighted by Crippen LogP contribution is -2.17. The molecule has 1 unspecified atom stereocenters. The summed E-state index contributed by atoms with van der Waals surface area (Å²) in [5.74, 6) is 0.999. The van der Waals surface area contributed by atoms with E-state index in [1.807, 2.05) is 6.07 Å². The number of hydrogen-bond acceptors (Lipinski definition) is 2. The predicted octanol–water partition coefficient (Wildman–Crippen LogP) is 7.65. The molecule has 0 spiro atoms. The molecule has 1 fully saturated rings. The van der Waals surface area contributed by atoms with E-state index in [1.54, 1.807) is 0 Å². The van der Waals surface area contributed by atoms with Gasteiger partial charge in [0.05, 0.1) is 6.61 Å². The van der Waals surface area contributed by atoms with Crippen LogP contribution >= 0.6 is 0 Å². The van der Waals surface area contributed by atoms with Crippen molar-refractivity contribution < 1.29 is 9.47 Å². The number of hydrogen-bond donors (Lipinski definition) is 0. The zero-order valence-corrected chi connectivity index (χ0v) is 18.4. The molecule has 1 aliphatic heterocycles. The van der Waals surface area contributed by atoms with E-state index >= 15 is 0 Å². The molecule has 1 atom stereocenters. The topological polar surface area (TPSA) is 21.8 Å². The minimum absolute atomic E-state index is 0.0575. The fraction of sp³-hybridized carbons (Fsp3) is 0.692. The van der Waals surface area contributed by atoms with E-state index in [0.717, 1.165) is 18.8 Å². The van der Waals surface area contributed by atoms with Gasteiger partial charge in [-0.25, -0.2) is 0 Å². The van der Waals surface area contributed by atoms with Crippen molar-refractivity contribution in [1.82, 2.24) is 0 Å². The van der Waals surface area contributed by atoms with Crippen molar-refractivity contribution in [2.75, 3.05) is 13.2 Å². The fourth-order valence-electron chi connectivity index (χ4n) is 3.50. The van der Waals surface area contributed by atoms with E-state index in [9.17, 15) is 0 Å². The highest BCUT2D eigenvalue weighted by Gasteiger charge is 2.40. The van der Waals surface area contributed by atoms with E-state index in [2.05, 4.69) is 44.2 Å².